The Labute approximate surface area is 373 Å². The molecular formula is C51H57FN2O10. The molecule has 0 aromatic heterocycles. The van der Waals surface area contributed by atoms with Crippen LogP contribution in [0.4, 0.5) is 9.18 Å². The van der Waals surface area contributed by atoms with Crippen LogP contribution in [0, 0.1) is 23.6 Å². The van der Waals surface area contributed by atoms with Gasteiger partial charge in [-0.2, -0.15) is 0 Å². The number of amides is 1. The molecule has 4 aliphatic rings. The molecule has 64 heavy (non-hydrogen) atoms. The maximum Gasteiger partial charge on any atom is 0.410 e. The average molecular weight is 877 g/mol. The fraction of sp³-hybridized carbons (Fsp3) is 0.412. The Morgan fingerprint density at radius 1 is 0.906 bits per heavy atom. The summed E-state index contributed by atoms with van der Waals surface area (Å²) in [6.07, 6.45) is 7.91. The minimum Gasteiger partial charge on any atom is -0.489 e. The molecule has 0 radical (unpaired) electrons. The fourth-order valence-corrected chi connectivity index (χ4v) is 9.93. The Hall–Kier alpha value is -5.89. The van der Waals surface area contributed by atoms with Crippen molar-refractivity contribution in [2.45, 2.75) is 82.5 Å². The number of fused-ring (bicyclic) bond motifs is 3. The third-order valence-electron chi connectivity index (χ3n) is 12.8. The van der Waals surface area contributed by atoms with Gasteiger partial charge in [-0.05, 0) is 90.6 Å². The molecule has 1 fully saturated rings. The largest absolute Gasteiger partial charge is 0.489 e. The summed E-state index contributed by atoms with van der Waals surface area (Å²) >= 11 is 0. The number of carbonyl (C=O) groups excluding carboxylic acids is 1. The summed E-state index contributed by atoms with van der Waals surface area (Å²) in [6.45, 7) is 4.71. The molecule has 13 heteroatoms. The highest BCUT2D eigenvalue weighted by molar-refractivity contribution is 6.03. The average Bonchev–Trinajstić information content (AvgIpc) is 3.79. The van der Waals surface area contributed by atoms with E-state index in [2.05, 4.69) is 12.7 Å². The summed E-state index contributed by atoms with van der Waals surface area (Å²) in [7, 11) is 1.36. The number of allylic oxidation sites excluding steroid dienone is 1. The highest BCUT2D eigenvalue weighted by Gasteiger charge is 2.65. The van der Waals surface area contributed by atoms with Gasteiger partial charge >= 0.3 is 6.09 Å². The van der Waals surface area contributed by atoms with Gasteiger partial charge in [0.2, 0.25) is 12.6 Å². The van der Waals surface area contributed by atoms with Crippen LogP contribution in [-0.2, 0) is 34.1 Å². The van der Waals surface area contributed by atoms with Crippen molar-refractivity contribution in [3.05, 3.63) is 143 Å². The summed E-state index contributed by atoms with van der Waals surface area (Å²) in [5.41, 5.74) is 4.56. The van der Waals surface area contributed by atoms with Gasteiger partial charge in [0.05, 0.1) is 25.3 Å². The number of carbonyl (C=O) groups is 1. The van der Waals surface area contributed by atoms with E-state index >= 15 is 0 Å². The lowest BCUT2D eigenvalue weighted by atomic mass is 9.55. The lowest BCUT2D eigenvalue weighted by molar-refractivity contribution is -0.256. The molecule has 0 spiro atoms. The Morgan fingerprint density at radius 2 is 1.67 bits per heavy atom. The highest BCUT2D eigenvalue weighted by atomic mass is 19.1. The first kappa shape index (κ1) is 44.7. The topological polar surface area (TPSA) is 138 Å². The second-order valence-electron chi connectivity index (χ2n) is 16.7. The molecule has 2 aliphatic heterocycles. The maximum absolute atomic E-state index is 14.8. The number of oxime groups is 1. The molecule has 0 bridgehead atoms. The van der Waals surface area contributed by atoms with Crippen molar-refractivity contribution < 1.29 is 52.7 Å². The van der Waals surface area contributed by atoms with E-state index in [0.717, 1.165) is 47.9 Å². The monoisotopic (exact) mass is 876 g/mol. The molecule has 2 heterocycles. The van der Waals surface area contributed by atoms with Gasteiger partial charge in [-0.25, -0.2) is 9.18 Å². The van der Waals surface area contributed by atoms with E-state index in [4.69, 9.17) is 38.4 Å². The zero-order valence-electron chi connectivity index (χ0n) is 36.2. The van der Waals surface area contributed by atoms with Gasteiger partial charge in [-0.15, -0.1) is 6.58 Å². The lowest BCUT2D eigenvalue weighted by Crippen LogP contribution is -2.70. The number of methoxy groups -OCH3 is 1. The van der Waals surface area contributed by atoms with Crippen molar-refractivity contribution in [2.75, 3.05) is 33.7 Å². The van der Waals surface area contributed by atoms with Gasteiger partial charge in [-0.1, -0.05) is 84.7 Å². The predicted octanol–water partition coefficient (Wildman–Crippen LogP) is 9.24. The van der Waals surface area contributed by atoms with Crippen LogP contribution in [0.3, 0.4) is 0 Å². The van der Waals surface area contributed by atoms with Crippen LogP contribution in [-0.4, -0.2) is 72.5 Å². The number of rotatable bonds is 20. The molecular weight excluding hydrogens is 820 g/mol. The van der Waals surface area contributed by atoms with E-state index in [0.29, 0.717) is 47.1 Å². The summed E-state index contributed by atoms with van der Waals surface area (Å²) in [4.78, 5) is 22.2. The molecule has 6 atom stereocenters. The maximum atomic E-state index is 14.8. The number of aliphatic hydroxyl groups is 2. The zero-order chi connectivity index (χ0) is 44.5. The third-order valence-corrected chi connectivity index (χ3v) is 12.8. The molecule has 12 nitrogen and oxygen atoms in total. The number of aliphatic hydroxyl groups excluding tert-OH is 2. The van der Waals surface area contributed by atoms with E-state index in [9.17, 15) is 19.4 Å². The van der Waals surface area contributed by atoms with Gasteiger partial charge in [0, 0.05) is 43.2 Å². The fourth-order valence-electron chi connectivity index (χ4n) is 9.93. The molecule has 6 unspecified atom stereocenters. The molecule has 4 aromatic carbocycles. The van der Waals surface area contributed by atoms with E-state index < -0.39 is 23.8 Å². The van der Waals surface area contributed by atoms with E-state index in [1.165, 1.54) is 13.2 Å². The van der Waals surface area contributed by atoms with Crippen molar-refractivity contribution >= 4 is 11.8 Å². The third kappa shape index (κ3) is 9.47. The standard InChI is InChI=1S/C51H57FN2O10/c1-3-25-62-51-47(54(50(57)58-2)30-35-19-21-45-46(26-35)61-33-60-45)29-43(53-63-31-34-13-5-4-6-14-34)40-27-36(15-9-11-23-55)39(17-10-12-24-56)48(49(40)51)41-28-38(20-22-44(41)64-51)59-32-37-16-7-8-18-42(37)52/h3-8,13-14,16,18-22,26-28,36,39,47-49,55-56H,1,9-12,15,17,23-25,29-33H2,2H3. The molecule has 8 rings (SSSR count). The minimum absolute atomic E-state index is 0.0131. The van der Waals surface area contributed by atoms with Crippen molar-refractivity contribution in [3.63, 3.8) is 0 Å². The van der Waals surface area contributed by atoms with Crippen LogP contribution >= 0.6 is 0 Å². The number of hydrogen-bond donors (Lipinski definition) is 2. The van der Waals surface area contributed by atoms with Gasteiger partial charge in [0.1, 0.15) is 36.6 Å². The van der Waals surface area contributed by atoms with Gasteiger partial charge in [0.15, 0.2) is 11.5 Å². The Balaban J connectivity index is 1.31. The smallest absolute Gasteiger partial charge is 0.410 e. The van der Waals surface area contributed by atoms with E-state index in [1.807, 2.05) is 66.7 Å². The van der Waals surface area contributed by atoms with Crippen LogP contribution in [0.2, 0.25) is 0 Å². The molecule has 0 saturated heterocycles. The van der Waals surface area contributed by atoms with Crippen molar-refractivity contribution in [1.82, 2.24) is 4.90 Å². The van der Waals surface area contributed by atoms with Crippen molar-refractivity contribution in [3.8, 4) is 23.0 Å². The first-order chi connectivity index (χ1) is 31.4. The number of benzene rings is 4. The Kier molecular flexibility index (Phi) is 14.5. The Bertz CT molecular complexity index is 2300. The molecule has 2 aliphatic carbocycles. The van der Waals surface area contributed by atoms with E-state index in [1.54, 1.807) is 29.2 Å². The minimum atomic E-state index is -1.51. The molecule has 1 amide bonds. The number of hydrogen-bond acceptors (Lipinski definition) is 11. The summed E-state index contributed by atoms with van der Waals surface area (Å²) in [5.74, 6) is -0.416. The van der Waals surface area contributed by atoms with Crippen LogP contribution in [0.5, 0.6) is 23.0 Å². The summed E-state index contributed by atoms with van der Waals surface area (Å²) < 4.78 is 52.4. The van der Waals surface area contributed by atoms with Crippen molar-refractivity contribution in [1.29, 1.82) is 0 Å². The molecule has 338 valence electrons. The number of halogens is 1. The highest BCUT2D eigenvalue weighted by Crippen LogP contribution is 2.62. The quantitative estimate of drug-likeness (QED) is 0.0502. The van der Waals surface area contributed by atoms with Crippen molar-refractivity contribution in [2.24, 2.45) is 22.9 Å². The normalized spacial score (nSPS) is 23.3. The van der Waals surface area contributed by atoms with Crippen LogP contribution in [0.15, 0.2) is 120 Å². The summed E-state index contributed by atoms with van der Waals surface area (Å²) in [5, 5.41) is 24.8. The molecule has 1 saturated carbocycles. The first-order valence-corrected chi connectivity index (χ1v) is 22.2. The second-order valence-corrected chi connectivity index (χ2v) is 16.7. The molecule has 4 aromatic rings. The lowest BCUT2D eigenvalue weighted by Gasteiger charge is -2.59. The SMILES string of the molecule is C=CCOC12Oc3ccc(OCc4ccccc4F)cc3C3C(CCCCO)C(CCCCO)C=C(C(=NOCc4ccccc4)CC1N(Cc1ccc4c(c1)OCO4)C(=O)OC)C32. The van der Waals surface area contributed by atoms with Gasteiger partial charge < -0.3 is 43.5 Å². The van der Waals surface area contributed by atoms with Crippen LogP contribution < -0.4 is 18.9 Å². The predicted molar refractivity (Wildman–Crippen MR) is 237 cm³/mol. The Morgan fingerprint density at radius 3 is 2.45 bits per heavy atom. The summed E-state index contributed by atoms with van der Waals surface area (Å²) in [6, 6.07) is 26.8. The van der Waals surface area contributed by atoms with Crippen LogP contribution in [0.25, 0.3) is 0 Å². The van der Waals surface area contributed by atoms with Crippen LogP contribution in [0.1, 0.15) is 73.1 Å². The van der Waals surface area contributed by atoms with Gasteiger partial charge in [0.25, 0.3) is 0 Å². The first-order valence-electron chi connectivity index (χ1n) is 22.2. The zero-order valence-corrected chi connectivity index (χ0v) is 36.2. The number of ether oxygens (including phenoxy) is 6. The van der Waals surface area contributed by atoms with Gasteiger partial charge in [-0.3, -0.25) is 4.90 Å². The van der Waals surface area contributed by atoms with E-state index in [-0.39, 0.29) is 76.4 Å². The number of unbranched alkanes of at least 4 members (excludes halogenated alkanes) is 2. The second kappa shape index (κ2) is 20.7. The molecule has 2 N–H and O–H groups in total. The number of nitrogens with zero attached hydrogens (tertiary/aromatic N) is 2.